The number of benzene rings is 2. The van der Waals surface area contributed by atoms with Crippen molar-refractivity contribution in [1.29, 1.82) is 0 Å². The number of thioether (sulfide) groups is 1. The molecule has 0 amide bonds. The molecule has 6 aromatic rings. The van der Waals surface area contributed by atoms with E-state index in [-0.39, 0.29) is 5.56 Å². The molecule has 37 heavy (non-hydrogen) atoms. The van der Waals surface area contributed by atoms with E-state index in [0.29, 0.717) is 15.3 Å². The van der Waals surface area contributed by atoms with Crippen molar-refractivity contribution in [2.45, 2.75) is 11.8 Å². The van der Waals surface area contributed by atoms with Crippen LogP contribution < -0.4 is 10.1 Å². The molecule has 2 aromatic carbocycles. The molecule has 182 valence electrons. The maximum atomic E-state index is 13.2. The molecule has 0 fully saturated rings. The number of hydrogen-bond donors (Lipinski definition) is 0. The standard InChI is InChI=1S/C28H21N5OS3/c1-2-35-23-12-10-19(11-13-23)26-20(18-32(31-26)21-7-4-3-5-8-21)17-24-27(34)33-28(37-24)29-25(30-33)15-14-22-9-6-16-36-22/h3-18H,2H2,1H3/b15-14+,24-17-. The number of para-hydroxylation sites is 1. The third-order valence-electron chi connectivity index (χ3n) is 5.63. The quantitative estimate of drug-likeness (QED) is 0.237. The van der Waals surface area contributed by atoms with E-state index in [4.69, 9.17) is 5.10 Å². The first-order valence-corrected chi connectivity index (χ1v) is 14.4. The van der Waals surface area contributed by atoms with Crippen LogP contribution in [0.1, 0.15) is 23.2 Å². The molecule has 0 saturated carbocycles. The SMILES string of the molecule is CCSc1ccc(-c2nn(-c3ccccc3)cc2/C=c2\sc3nc(/C=C/c4cccs4)nn3c2=O)cc1. The predicted octanol–water partition coefficient (Wildman–Crippen LogP) is 5.90. The summed E-state index contributed by atoms with van der Waals surface area (Å²) in [7, 11) is 0. The Kier molecular flexibility index (Phi) is 6.57. The van der Waals surface area contributed by atoms with E-state index < -0.39 is 0 Å². The lowest BCUT2D eigenvalue weighted by Gasteiger charge is -2.02. The van der Waals surface area contributed by atoms with Crippen LogP contribution in [0.3, 0.4) is 0 Å². The molecule has 0 spiro atoms. The Balaban J connectivity index is 1.42. The van der Waals surface area contributed by atoms with Gasteiger partial charge in [0.15, 0.2) is 5.82 Å². The third kappa shape index (κ3) is 4.93. The summed E-state index contributed by atoms with van der Waals surface area (Å²) in [6.45, 7) is 2.14. The molecule has 0 aliphatic heterocycles. The minimum Gasteiger partial charge on any atom is -0.266 e. The predicted molar refractivity (Wildman–Crippen MR) is 155 cm³/mol. The average Bonchev–Trinajstić information content (AvgIpc) is 3.71. The van der Waals surface area contributed by atoms with Crippen molar-refractivity contribution in [3.05, 3.63) is 109 Å². The smallest absolute Gasteiger partial charge is 0.266 e. The first-order chi connectivity index (χ1) is 18.2. The second-order valence-corrected chi connectivity index (χ2v) is 11.4. The monoisotopic (exact) mass is 539 g/mol. The summed E-state index contributed by atoms with van der Waals surface area (Å²) in [5, 5.41) is 11.3. The molecule has 0 N–H and O–H groups in total. The van der Waals surface area contributed by atoms with Gasteiger partial charge in [-0.25, -0.2) is 4.68 Å². The minimum atomic E-state index is -0.184. The van der Waals surface area contributed by atoms with Crippen LogP contribution in [0, 0.1) is 0 Å². The number of fused-ring (bicyclic) bond motifs is 1. The number of hydrogen-bond acceptors (Lipinski definition) is 7. The van der Waals surface area contributed by atoms with Crippen LogP contribution in [-0.2, 0) is 0 Å². The fourth-order valence-electron chi connectivity index (χ4n) is 3.91. The molecule has 4 heterocycles. The van der Waals surface area contributed by atoms with Crippen molar-refractivity contribution < 1.29 is 0 Å². The zero-order chi connectivity index (χ0) is 25.2. The highest BCUT2D eigenvalue weighted by Crippen LogP contribution is 2.27. The summed E-state index contributed by atoms with van der Waals surface area (Å²) in [5.74, 6) is 1.54. The molecular formula is C28H21N5OS3. The molecule has 6 nitrogen and oxygen atoms in total. The van der Waals surface area contributed by atoms with Crippen LogP contribution >= 0.6 is 34.4 Å². The van der Waals surface area contributed by atoms with Crippen molar-refractivity contribution in [2.24, 2.45) is 0 Å². The van der Waals surface area contributed by atoms with Gasteiger partial charge in [0.25, 0.3) is 5.56 Å². The third-order valence-corrected chi connectivity index (χ3v) is 8.32. The number of thiophene rings is 1. The largest absolute Gasteiger partial charge is 0.291 e. The Morgan fingerprint density at radius 2 is 1.81 bits per heavy atom. The average molecular weight is 540 g/mol. The Bertz CT molecular complexity index is 1800. The summed E-state index contributed by atoms with van der Waals surface area (Å²) < 4.78 is 3.80. The first kappa shape index (κ1) is 23.6. The Labute approximate surface area is 225 Å². The van der Waals surface area contributed by atoms with Crippen molar-refractivity contribution in [3.8, 4) is 16.9 Å². The molecular weight excluding hydrogens is 519 g/mol. The molecule has 6 rings (SSSR count). The van der Waals surface area contributed by atoms with Crippen molar-refractivity contribution in [3.63, 3.8) is 0 Å². The second kappa shape index (κ2) is 10.3. The summed E-state index contributed by atoms with van der Waals surface area (Å²) in [6, 6.07) is 22.4. The van der Waals surface area contributed by atoms with Gasteiger partial charge in [0, 0.05) is 27.1 Å². The van der Waals surface area contributed by atoms with Crippen LogP contribution in [-0.4, -0.2) is 30.1 Å². The van der Waals surface area contributed by atoms with Gasteiger partial charge in [-0.3, -0.25) is 4.79 Å². The maximum absolute atomic E-state index is 13.2. The number of thiazole rings is 1. The molecule has 4 aromatic heterocycles. The normalized spacial score (nSPS) is 12.3. The van der Waals surface area contributed by atoms with Crippen molar-refractivity contribution in [1.82, 2.24) is 24.4 Å². The van der Waals surface area contributed by atoms with Crippen LogP contribution in [0.15, 0.2) is 88.0 Å². The lowest BCUT2D eigenvalue weighted by Crippen LogP contribution is -2.23. The fourth-order valence-corrected chi connectivity index (χ4v) is 6.10. The topological polar surface area (TPSA) is 65.1 Å². The Morgan fingerprint density at radius 3 is 2.54 bits per heavy atom. The molecule has 9 heteroatoms. The lowest BCUT2D eigenvalue weighted by atomic mass is 10.1. The van der Waals surface area contributed by atoms with Gasteiger partial charge in [-0.15, -0.1) is 28.2 Å². The Hall–Kier alpha value is -3.79. The summed E-state index contributed by atoms with van der Waals surface area (Å²) in [4.78, 5) is 20.6. The van der Waals surface area contributed by atoms with E-state index in [1.165, 1.54) is 20.7 Å². The summed E-state index contributed by atoms with van der Waals surface area (Å²) in [6.07, 6.45) is 7.64. The van der Waals surface area contributed by atoms with E-state index in [2.05, 4.69) is 41.3 Å². The molecule has 0 bridgehead atoms. The first-order valence-electron chi connectivity index (χ1n) is 11.7. The van der Waals surface area contributed by atoms with E-state index in [1.807, 2.05) is 77.0 Å². The molecule has 0 saturated heterocycles. The van der Waals surface area contributed by atoms with Crippen LogP contribution in [0.25, 0.3) is 40.1 Å². The van der Waals surface area contributed by atoms with E-state index in [0.717, 1.165) is 33.1 Å². The van der Waals surface area contributed by atoms with E-state index >= 15 is 0 Å². The number of nitrogens with zero attached hydrogens (tertiary/aromatic N) is 5. The maximum Gasteiger partial charge on any atom is 0.291 e. The highest BCUT2D eigenvalue weighted by molar-refractivity contribution is 7.99. The van der Waals surface area contributed by atoms with Gasteiger partial charge in [0.2, 0.25) is 4.96 Å². The van der Waals surface area contributed by atoms with Gasteiger partial charge < -0.3 is 0 Å². The van der Waals surface area contributed by atoms with Crippen LogP contribution in [0.4, 0.5) is 0 Å². The zero-order valence-electron chi connectivity index (χ0n) is 19.8. The minimum absolute atomic E-state index is 0.184. The highest BCUT2D eigenvalue weighted by atomic mass is 32.2. The van der Waals surface area contributed by atoms with Gasteiger partial charge >= 0.3 is 0 Å². The van der Waals surface area contributed by atoms with Crippen molar-refractivity contribution in [2.75, 3.05) is 5.75 Å². The molecule has 0 aliphatic carbocycles. The van der Waals surface area contributed by atoms with Crippen LogP contribution in [0.2, 0.25) is 0 Å². The van der Waals surface area contributed by atoms with Gasteiger partial charge in [0.1, 0.15) is 0 Å². The van der Waals surface area contributed by atoms with Gasteiger partial charge in [-0.1, -0.05) is 54.7 Å². The number of aromatic nitrogens is 5. The Morgan fingerprint density at radius 1 is 0.973 bits per heavy atom. The zero-order valence-corrected chi connectivity index (χ0v) is 22.3. The van der Waals surface area contributed by atoms with Gasteiger partial charge in [0.05, 0.1) is 15.9 Å². The van der Waals surface area contributed by atoms with Gasteiger partial charge in [-0.05, 0) is 59.7 Å². The van der Waals surface area contributed by atoms with Gasteiger partial charge in [-0.2, -0.15) is 14.6 Å². The van der Waals surface area contributed by atoms with E-state index in [1.54, 1.807) is 23.1 Å². The summed E-state index contributed by atoms with van der Waals surface area (Å²) >= 11 is 4.77. The highest BCUT2D eigenvalue weighted by Gasteiger charge is 2.14. The lowest BCUT2D eigenvalue weighted by molar-refractivity contribution is 0.884. The molecule has 0 unspecified atom stereocenters. The van der Waals surface area contributed by atoms with Crippen molar-refractivity contribution >= 4 is 57.6 Å². The number of rotatable bonds is 7. The van der Waals surface area contributed by atoms with E-state index in [9.17, 15) is 4.79 Å². The fraction of sp³-hybridized carbons (Fsp3) is 0.0714. The second-order valence-electron chi connectivity index (χ2n) is 8.10. The summed E-state index contributed by atoms with van der Waals surface area (Å²) in [5.41, 5.74) is 3.44. The molecule has 0 radical (unpaired) electrons. The molecule has 0 atom stereocenters. The van der Waals surface area contributed by atoms with Crippen LogP contribution in [0.5, 0.6) is 0 Å². The molecule has 0 aliphatic rings.